The number of oxazole rings is 1. The van der Waals surface area contributed by atoms with Crippen LogP contribution in [0.1, 0.15) is 18.4 Å². The topological polar surface area (TPSA) is 49.8 Å². The van der Waals surface area contributed by atoms with Gasteiger partial charge in [0.25, 0.3) is 0 Å². The lowest BCUT2D eigenvalue weighted by molar-refractivity contribution is 0.620. The van der Waals surface area contributed by atoms with Crippen molar-refractivity contribution in [3.05, 3.63) is 54.1 Å². The average Bonchev–Trinajstić information content (AvgIpc) is 2.90. The van der Waals surface area contributed by atoms with E-state index < -0.39 is 0 Å². The molecule has 1 heterocycles. The van der Waals surface area contributed by atoms with Crippen LogP contribution in [0.4, 0.5) is 0 Å². The highest BCUT2D eigenvalue weighted by atomic mass is 16.3. The van der Waals surface area contributed by atoms with E-state index in [1.807, 2.05) is 55.5 Å². The highest BCUT2D eigenvalue weighted by Gasteiger charge is 2.10. The van der Waals surface area contributed by atoms with E-state index in [4.69, 9.17) is 9.68 Å². The number of rotatable bonds is 2. The summed E-state index contributed by atoms with van der Waals surface area (Å²) in [5.41, 5.74) is 3.45. The standard InChI is InChI=1S/C16H12N2O/c1-11(10-17)13-7-8-15-14(9-13)18-16(19-15)12-5-3-2-4-6-12/h2-9,11H,1H3. The second-order valence-electron chi connectivity index (χ2n) is 4.46. The second kappa shape index (κ2) is 4.58. The van der Waals surface area contributed by atoms with Crippen molar-refractivity contribution in [2.75, 3.05) is 0 Å². The van der Waals surface area contributed by atoms with Crippen LogP contribution in [-0.2, 0) is 0 Å². The van der Waals surface area contributed by atoms with E-state index in [2.05, 4.69) is 11.1 Å². The number of nitriles is 1. The maximum Gasteiger partial charge on any atom is 0.227 e. The van der Waals surface area contributed by atoms with E-state index in [0.29, 0.717) is 5.89 Å². The number of aromatic nitrogens is 1. The summed E-state index contributed by atoms with van der Waals surface area (Å²) in [6.45, 7) is 1.87. The van der Waals surface area contributed by atoms with Gasteiger partial charge in [-0.2, -0.15) is 5.26 Å². The van der Waals surface area contributed by atoms with Crippen molar-refractivity contribution in [3.8, 4) is 17.5 Å². The van der Waals surface area contributed by atoms with Crippen LogP contribution in [0.25, 0.3) is 22.6 Å². The lowest BCUT2D eigenvalue weighted by atomic mass is 10.0. The zero-order valence-corrected chi connectivity index (χ0v) is 10.5. The second-order valence-corrected chi connectivity index (χ2v) is 4.46. The zero-order valence-electron chi connectivity index (χ0n) is 10.5. The van der Waals surface area contributed by atoms with Gasteiger partial charge in [-0.15, -0.1) is 0 Å². The quantitative estimate of drug-likeness (QED) is 0.685. The van der Waals surface area contributed by atoms with Crippen LogP contribution in [-0.4, -0.2) is 4.98 Å². The van der Waals surface area contributed by atoms with Gasteiger partial charge in [0.15, 0.2) is 5.58 Å². The van der Waals surface area contributed by atoms with E-state index >= 15 is 0 Å². The van der Waals surface area contributed by atoms with Crippen LogP contribution in [0.2, 0.25) is 0 Å². The van der Waals surface area contributed by atoms with Gasteiger partial charge in [-0.05, 0) is 36.8 Å². The Morgan fingerprint density at radius 1 is 1.16 bits per heavy atom. The van der Waals surface area contributed by atoms with Crippen LogP contribution >= 0.6 is 0 Å². The van der Waals surface area contributed by atoms with E-state index in [1.165, 1.54) is 0 Å². The molecule has 1 atom stereocenters. The molecule has 0 aliphatic carbocycles. The number of hydrogen-bond acceptors (Lipinski definition) is 3. The minimum atomic E-state index is -0.138. The van der Waals surface area contributed by atoms with Gasteiger partial charge in [0, 0.05) is 5.56 Å². The van der Waals surface area contributed by atoms with Crippen molar-refractivity contribution in [3.63, 3.8) is 0 Å². The van der Waals surface area contributed by atoms with Gasteiger partial charge in [-0.1, -0.05) is 24.3 Å². The fraction of sp³-hybridized carbons (Fsp3) is 0.125. The number of hydrogen-bond donors (Lipinski definition) is 0. The van der Waals surface area contributed by atoms with Crippen LogP contribution in [0.15, 0.2) is 52.9 Å². The summed E-state index contributed by atoms with van der Waals surface area (Å²) >= 11 is 0. The molecule has 3 nitrogen and oxygen atoms in total. The van der Waals surface area contributed by atoms with E-state index in [0.717, 1.165) is 22.2 Å². The summed E-state index contributed by atoms with van der Waals surface area (Å²) in [4.78, 5) is 4.48. The average molecular weight is 248 g/mol. The molecule has 0 fully saturated rings. The predicted molar refractivity (Wildman–Crippen MR) is 73.5 cm³/mol. The first-order valence-electron chi connectivity index (χ1n) is 6.13. The largest absolute Gasteiger partial charge is 0.436 e. The molecule has 19 heavy (non-hydrogen) atoms. The van der Waals surface area contributed by atoms with Crippen molar-refractivity contribution in [1.82, 2.24) is 4.98 Å². The fourth-order valence-electron chi connectivity index (χ4n) is 1.99. The third-order valence-electron chi connectivity index (χ3n) is 3.13. The minimum absolute atomic E-state index is 0.138. The molecular weight excluding hydrogens is 236 g/mol. The maximum absolute atomic E-state index is 8.95. The summed E-state index contributed by atoms with van der Waals surface area (Å²) in [7, 11) is 0. The van der Waals surface area contributed by atoms with Crippen molar-refractivity contribution < 1.29 is 4.42 Å². The molecule has 0 aliphatic heterocycles. The summed E-state index contributed by atoms with van der Waals surface area (Å²) in [5, 5.41) is 8.95. The third kappa shape index (κ3) is 2.09. The molecule has 0 aliphatic rings. The summed E-state index contributed by atoms with van der Waals surface area (Å²) in [6, 6.07) is 17.7. The highest BCUT2D eigenvalue weighted by Crippen LogP contribution is 2.26. The monoisotopic (exact) mass is 248 g/mol. The summed E-state index contributed by atoms with van der Waals surface area (Å²) < 4.78 is 5.73. The summed E-state index contributed by atoms with van der Waals surface area (Å²) in [5.74, 6) is 0.471. The minimum Gasteiger partial charge on any atom is -0.436 e. The molecule has 0 amide bonds. The van der Waals surface area contributed by atoms with E-state index in [9.17, 15) is 0 Å². The predicted octanol–water partition coefficient (Wildman–Crippen LogP) is 4.12. The Labute approximate surface area is 111 Å². The Kier molecular flexibility index (Phi) is 2.77. The molecule has 3 aromatic rings. The van der Waals surface area contributed by atoms with Crippen LogP contribution in [0.5, 0.6) is 0 Å². The molecule has 0 N–H and O–H groups in total. The summed E-state index contributed by atoms with van der Waals surface area (Å²) in [6.07, 6.45) is 0. The Bertz CT molecular complexity index is 753. The normalized spacial score (nSPS) is 12.2. The molecule has 3 heteroatoms. The molecular formula is C16H12N2O. The first-order valence-corrected chi connectivity index (χ1v) is 6.13. The third-order valence-corrected chi connectivity index (χ3v) is 3.13. The molecule has 1 unspecified atom stereocenters. The molecule has 0 saturated carbocycles. The van der Waals surface area contributed by atoms with Crippen LogP contribution in [0.3, 0.4) is 0 Å². The lowest BCUT2D eigenvalue weighted by Crippen LogP contribution is -1.88. The molecule has 0 bridgehead atoms. The zero-order chi connectivity index (χ0) is 13.2. The van der Waals surface area contributed by atoms with Crippen LogP contribution < -0.4 is 0 Å². The molecule has 0 saturated heterocycles. The Hall–Kier alpha value is -2.60. The Morgan fingerprint density at radius 3 is 2.68 bits per heavy atom. The number of nitrogens with zero attached hydrogens (tertiary/aromatic N) is 2. The van der Waals surface area contributed by atoms with Gasteiger partial charge in [0.05, 0.1) is 12.0 Å². The smallest absolute Gasteiger partial charge is 0.227 e. The first-order chi connectivity index (χ1) is 9.28. The van der Waals surface area contributed by atoms with Gasteiger partial charge in [0.1, 0.15) is 5.52 Å². The first kappa shape index (κ1) is 11.5. The van der Waals surface area contributed by atoms with Gasteiger partial charge >= 0.3 is 0 Å². The fourth-order valence-corrected chi connectivity index (χ4v) is 1.99. The van der Waals surface area contributed by atoms with E-state index in [1.54, 1.807) is 0 Å². The van der Waals surface area contributed by atoms with Crippen molar-refractivity contribution >= 4 is 11.1 Å². The van der Waals surface area contributed by atoms with Gasteiger partial charge in [-0.3, -0.25) is 0 Å². The Morgan fingerprint density at radius 2 is 1.95 bits per heavy atom. The number of benzene rings is 2. The SMILES string of the molecule is CC(C#N)c1ccc2oc(-c3ccccc3)nc2c1. The van der Waals surface area contributed by atoms with Crippen molar-refractivity contribution in [2.24, 2.45) is 0 Å². The van der Waals surface area contributed by atoms with Gasteiger partial charge in [-0.25, -0.2) is 4.98 Å². The Balaban J connectivity index is 2.09. The molecule has 92 valence electrons. The molecule has 1 aromatic heterocycles. The molecule has 3 rings (SSSR count). The van der Waals surface area contributed by atoms with Gasteiger partial charge in [0.2, 0.25) is 5.89 Å². The molecule has 2 aromatic carbocycles. The highest BCUT2D eigenvalue weighted by molar-refractivity contribution is 5.77. The van der Waals surface area contributed by atoms with Crippen molar-refractivity contribution in [1.29, 1.82) is 5.26 Å². The van der Waals surface area contributed by atoms with Gasteiger partial charge < -0.3 is 4.42 Å². The number of fused-ring (bicyclic) bond motifs is 1. The molecule has 0 radical (unpaired) electrons. The lowest BCUT2D eigenvalue weighted by Gasteiger charge is -2.00. The van der Waals surface area contributed by atoms with Crippen LogP contribution in [0, 0.1) is 11.3 Å². The van der Waals surface area contributed by atoms with Crippen molar-refractivity contribution in [2.45, 2.75) is 12.8 Å². The molecule has 0 spiro atoms. The van der Waals surface area contributed by atoms with E-state index in [-0.39, 0.29) is 5.92 Å². The maximum atomic E-state index is 8.95.